The number of nitrogens with one attached hydrogen (secondary N) is 1. The van der Waals surface area contributed by atoms with Crippen LogP contribution in [0.2, 0.25) is 0 Å². The molecule has 1 amide bonds. The van der Waals surface area contributed by atoms with E-state index in [-0.39, 0.29) is 29.6 Å². The number of ether oxygens (including phenoxy) is 3. The number of carbonyl (C=O) groups is 1. The number of benzene rings is 1. The van der Waals surface area contributed by atoms with Crippen LogP contribution in [0.1, 0.15) is 19.8 Å². The van der Waals surface area contributed by atoms with Crippen molar-refractivity contribution >= 4 is 17.7 Å². The van der Waals surface area contributed by atoms with Crippen LogP contribution in [0.15, 0.2) is 34.2 Å². The number of aromatic amines is 1. The lowest BCUT2D eigenvalue weighted by atomic mass is 10.2. The molecule has 30 heavy (non-hydrogen) atoms. The third-order valence-corrected chi connectivity index (χ3v) is 6.15. The highest BCUT2D eigenvalue weighted by Crippen LogP contribution is 2.31. The monoisotopic (exact) mass is 434 g/mol. The standard InChI is InChI=1S/C20H26N4O5S/c1-2-23(10-15-12-28-16-7-3-4-8-17(16)29-15)18(25)13-30-20-22-21-19(26)24(20)11-14-6-5-9-27-14/h3-4,7-8,14-15H,2,5-6,9-13H2,1H3,(H,21,26). The lowest BCUT2D eigenvalue weighted by Crippen LogP contribution is -2.44. The highest BCUT2D eigenvalue weighted by Gasteiger charge is 2.25. The van der Waals surface area contributed by atoms with E-state index in [1.54, 1.807) is 9.47 Å². The van der Waals surface area contributed by atoms with E-state index in [1.807, 2.05) is 31.2 Å². The Labute approximate surface area is 178 Å². The summed E-state index contributed by atoms with van der Waals surface area (Å²) in [6.07, 6.45) is 1.73. The number of hydrogen-bond donors (Lipinski definition) is 1. The zero-order valence-electron chi connectivity index (χ0n) is 16.9. The van der Waals surface area contributed by atoms with Gasteiger partial charge in [0, 0.05) is 13.2 Å². The molecule has 3 heterocycles. The summed E-state index contributed by atoms with van der Waals surface area (Å²) in [5, 5.41) is 7.05. The summed E-state index contributed by atoms with van der Waals surface area (Å²) in [5.41, 5.74) is -0.279. The maximum Gasteiger partial charge on any atom is 0.344 e. The fourth-order valence-corrected chi connectivity index (χ4v) is 4.45. The quantitative estimate of drug-likeness (QED) is 0.629. The first-order valence-electron chi connectivity index (χ1n) is 10.2. The molecule has 4 rings (SSSR count). The van der Waals surface area contributed by atoms with Crippen LogP contribution in [0, 0.1) is 0 Å². The Hall–Kier alpha value is -2.46. The number of hydrogen-bond acceptors (Lipinski definition) is 7. The average Bonchev–Trinajstić information content (AvgIpc) is 3.41. The van der Waals surface area contributed by atoms with Gasteiger partial charge in [0.1, 0.15) is 6.61 Å². The highest BCUT2D eigenvalue weighted by atomic mass is 32.2. The fourth-order valence-electron chi connectivity index (χ4n) is 3.59. The Morgan fingerprint density at radius 3 is 2.93 bits per heavy atom. The molecular formula is C20H26N4O5S. The van der Waals surface area contributed by atoms with Gasteiger partial charge in [-0.3, -0.25) is 9.36 Å². The second-order valence-corrected chi connectivity index (χ2v) is 8.22. The molecule has 2 atom stereocenters. The maximum atomic E-state index is 12.8. The van der Waals surface area contributed by atoms with Gasteiger partial charge in [0.2, 0.25) is 5.91 Å². The molecule has 2 aliphatic heterocycles. The van der Waals surface area contributed by atoms with Gasteiger partial charge < -0.3 is 19.1 Å². The lowest BCUT2D eigenvalue weighted by Gasteiger charge is -2.30. The van der Waals surface area contributed by atoms with Crippen molar-refractivity contribution in [3.05, 3.63) is 34.7 Å². The zero-order chi connectivity index (χ0) is 20.9. The number of fused-ring (bicyclic) bond motifs is 1. The van der Waals surface area contributed by atoms with Gasteiger partial charge in [0.15, 0.2) is 22.8 Å². The number of amides is 1. The number of nitrogens with zero attached hydrogens (tertiary/aromatic N) is 3. The minimum atomic E-state index is -0.279. The van der Waals surface area contributed by atoms with Crippen LogP contribution in [0.4, 0.5) is 0 Å². The highest BCUT2D eigenvalue weighted by molar-refractivity contribution is 7.99. The lowest BCUT2D eigenvalue weighted by molar-refractivity contribution is -0.129. The van der Waals surface area contributed by atoms with Crippen molar-refractivity contribution in [3.8, 4) is 11.5 Å². The number of rotatable bonds is 8. The number of aromatic nitrogens is 3. The van der Waals surface area contributed by atoms with Crippen LogP contribution < -0.4 is 15.2 Å². The second kappa shape index (κ2) is 9.57. The molecule has 2 unspecified atom stereocenters. The van der Waals surface area contributed by atoms with E-state index in [2.05, 4.69) is 10.2 Å². The molecule has 1 aromatic carbocycles. The van der Waals surface area contributed by atoms with Crippen LogP contribution in [-0.4, -0.2) is 69.8 Å². The fraction of sp³-hybridized carbons (Fsp3) is 0.550. The molecule has 10 heteroatoms. The van der Waals surface area contributed by atoms with E-state index >= 15 is 0 Å². The molecule has 0 bridgehead atoms. The zero-order valence-corrected chi connectivity index (χ0v) is 17.7. The van der Waals surface area contributed by atoms with E-state index < -0.39 is 0 Å². The van der Waals surface area contributed by atoms with Crippen LogP contribution in [0.3, 0.4) is 0 Å². The van der Waals surface area contributed by atoms with Gasteiger partial charge in [-0.05, 0) is 31.9 Å². The van der Waals surface area contributed by atoms with Crippen molar-refractivity contribution in [2.24, 2.45) is 0 Å². The number of H-pyrrole nitrogens is 1. The van der Waals surface area contributed by atoms with Gasteiger partial charge in [0.25, 0.3) is 0 Å². The minimum absolute atomic E-state index is 0.0221. The van der Waals surface area contributed by atoms with Crippen molar-refractivity contribution in [1.29, 1.82) is 0 Å². The molecule has 1 aromatic heterocycles. The largest absolute Gasteiger partial charge is 0.486 e. The molecule has 1 N–H and O–H groups in total. The Kier molecular flexibility index (Phi) is 6.63. The first-order chi connectivity index (χ1) is 14.6. The SMILES string of the molecule is CCN(CC1COc2ccccc2O1)C(=O)CSc1n[nH]c(=O)n1CC1CCCO1. The van der Waals surface area contributed by atoms with Crippen molar-refractivity contribution < 1.29 is 19.0 Å². The summed E-state index contributed by atoms with van der Waals surface area (Å²) in [7, 11) is 0. The Morgan fingerprint density at radius 2 is 2.17 bits per heavy atom. The number of carbonyl (C=O) groups excluding carboxylic acids is 1. The van der Waals surface area contributed by atoms with Gasteiger partial charge >= 0.3 is 5.69 Å². The Balaban J connectivity index is 1.32. The van der Waals surface area contributed by atoms with Crippen molar-refractivity contribution in [2.75, 3.05) is 32.1 Å². The Bertz CT molecular complexity index is 924. The summed E-state index contributed by atoms with van der Waals surface area (Å²) >= 11 is 1.26. The minimum Gasteiger partial charge on any atom is -0.486 e. The van der Waals surface area contributed by atoms with Crippen LogP contribution in [0.5, 0.6) is 11.5 Å². The van der Waals surface area contributed by atoms with Crippen LogP contribution in [0.25, 0.3) is 0 Å². The average molecular weight is 435 g/mol. The molecule has 1 saturated heterocycles. The molecular weight excluding hydrogens is 408 g/mol. The van der Waals surface area contributed by atoms with Crippen molar-refractivity contribution in [3.63, 3.8) is 0 Å². The number of para-hydroxylation sites is 2. The van der Waals surface area contributed by atoms with Gasteiger partial charge in [-0.25, -0.2) is 9.89 Å². The molecule has 0 spiro atoms. The third-order valence-electron chi connectivity index (χ3n) is 5.18. The topological polar surface area (TPSA) is 98.7 Å². The smallest absolute Gasteiger partial charge is 0.344 e. The second-order valence-electron chi connectivity index (χ2n) is 7.28. The summed E-state index contributed by atoms with van der Waals surface area (Å²) in [5.74, 6) is 1.57. The molecule has 9 nitrogen and oxygen atoms in total. The number of thioether (sulfide) groups is 1. The number of likely N-dealkylation sites (N-methyl/N-ethyl adjacent to an activating group) is 1. The van der Waals surface area contributed by atoms with E-state index in [1.165, 1.54) is 11.8 Å². The molecule has 2 aliphatic rings. The van der Waals surface area contributed by atoms with Crippen LogP contribution >= 0.6 is 11.8 Å². The summed E-state index contributed by atoms with van der Waals surface area (Å²) in [6.45, 7) is 4.51. The third kappa shape index (κ3) is 4.81. The molecule has 2 aromatic rings. The summed E-state index contributed by atoms with van der Waals surface area (Å²) in [6, 6.07) is 7.52. The van der Waals surface area contributed by atoms with Gasteiger partial charge in [-0.15, -0.1) is 5.10 Å². The van der Waals surface area contributed by atoms with Gasteiger partial charge in [-0.1, -0.05) is 23.9 Å². The molecule has 1 fully saturated rings. The molecule has 0 aliphatic carbocycles. The molecule has 0 saturated carbocycles. The van der Waals surface area contributed by atoms with E-state index in [0.717, 1.165) is 25.2 Å². The van der Waals surface area contributed by atoms with Crippen LogP contribution in [-0.2, 0) is 16.1 Å². The van der Waals surface area contributed by atoms with Gasteiger partial charge in [-0.2, -0.15) is 0 Å². The maximum absolute atomic E-state index is 12.8. The van der Waals surface area contributed by atoms with Crippen molar-refractivity contribution in [1.82, 2.24) is 19.7 Å². The predicted molar refractivity (Wildman–Crippen MR) is 111 cm³/mol. The summed E-state index contributed by atoms with van der Waals surface area (Å²) < 4.78 is 18.9. The molecule has 162 valence electrons. The summed E-state index contributed by atoms with van der Waals surface area (Å²) in [4.78, 5) is 26.6. The van der Waals surface area contributed by atoms with Crippen molar-refractivity contribution in [2.45, 2.75) is 43.7 Å². The first-order valence-corrected chi connectivity index (χ1v) is 11.2. The predicted octanol–water partition coefficient (Wildman–Crippen LogP) is 1.53. The van der Waals surface area contributed by atoms with Gasteiger partial charge in [0.05, 0.1) is 24.9 Å². The molecule has 0 radical (unpaired) electrons. The van der Waals surface area contributed by atoms with E-state index in [4.69, 9.17) is 14.2 Å². The van der Waals surface area contributed by atoms with E-state index in [0.29, 0.717) is 37.1 Å². The first kappa shape index (κ1) is 20.8. The normalized spacial score (nSPS) is 20.3. The Morgan fingerprint density at radius 1 is 1.33 bits per heavy atom. The van der Waals surface area contributed by atoms with E-state index in [9.17, 15) is 9.59 Å².